The topological polar surface area (TPSA) is 71.3 Å². The molecule has 0 spiro atoms. The quantitative estimate of drug-likeness (QED) is 0.369. The molecule has 0 aliphatic carbocycles. The summed E-state index contributed by atoms with van der Waals surface area (Å²) in [6, 6.07) is -0.682. The molecule has 0 bridgehead atoms. The Balaban J connectivity index is 2.04. The zero-order valence-corrected chi connectivity index (χ0v) is 16.0. The molecule has 1 fully saturated rings. The molecule has 1 aromatic carbocycles. The third-order valence-electron chi connectivity index (χ3n) is 4.28. The Labute approximate surface area is 177 Å². The zero-order chi connectivity index (χ0) is 24.9. The van der Waals surface area contributed by atoms with Crippen molar-refractivity contribution in [3.8, 4) is 11.4 Å². The summed E-state index contributed by atoms with van der Waals surface area (Å²) < 4.78 is 117. The Morgan fingerprint density at radius 1 is 0.909 bits per heavy atom. The predicted octanol–water partition coefficient (Wildman–Crippen LogP) is 4.24. The smallest absolute Gasteiger partial charge is 0.278 e. The van der Waals surface area contributed by atoms with E-state index in [1.54, 1.807) is 0 Å². The Bertz CT molecular complexity index is 1100. The number of halogens is 9. The molecule has 1 aromatic heterocycles. The number of nitrogens with zero attached hydrogens (tertiary/aromatic N) is 5. The summed E-state index contributed by atoms with van der Waals surface area (Å²) in [5, 5.41) is 3.61. The maximum absolute atomic E-state index is 13.0. The van der Waals surface area contributed by atoms with Crippen LogP contribution in [0.1, 0.15) is 11.1 Å². The molecule has 33 heavy (non-hydrogen) atoms. The Morgan fingerprint density at radius 3 is 1.94 bits per heavy atom. The lowest BCUT2D eigenvalue weighted by Gasteiger charge is -2.17. The number of imide groups is 1. The SMILES string of the molecule is CN1C(=O)/C(=C/n2cnc(-c3cc(C(F)(F)F)cc(C(F)(F)F)c3)n2)N(CC(F)(F)F)C1=O. The highest BCUT2D eigenvalue weighted by Gasteiger charge is 2.45. The molecule has 3 amide bonds. The molecule has 3 rings (SSSR count). The number of hydrogen-bond acceptors (Lipinski definition) is 4. The van der Waals surface area contributed by atoms with Crippen molar-refractivity contribution in [2.45, 2.75) is 18.5 Å². The van der Waals surface area contributed by atoms with Crippen molar-refractivity contribution >= 4 is 18.1 Å². The van der Waals surface area contributed by atoms with Gasteiger partial charge in [-0.05, 0) is 18.2 Å². The molecule has 1 aliphatic heterocycles. The summed E-state index contributed by atoms with van der Waals surface area (Å²) in [6.45, 7) is -1.82. The third kappa shape index (κ3) is 5.09. The first kappa shape index (κ1) is 24.1. The van der Waals surface area contributed by atoms with E-state index in [0.29, 0.717) is 27.9 Å². The van der Waals surface area contributed by atoms with Crippen LogP contribution in [0.25, 0.3) is 17.6 Å². The summed E-state index contributed by atoms with van der Waals surface area (Å²) in [5.74, 6) is -1.78. The van der Waals surface area contributed by atoms with E-state index in [0.717, 1.165) is 13.4 Å². The molecule has 0 unspecified atom stereocenters. The third-order valence-corrected chi connectivity index (χ3v) is 4.28. The summed E-state index contributed by atoms with van der Waals surface area (Å²) >= 11 is 0. The van der Waals surface area contributed by atoms with E-state index in [2.05, 4.69) is 10.1 Å². The van der Waals surface area contributed by atoms with Gasteiger partial charge in [0.1, 0.15) is 18.6 Å². The van der Waals surface area contributed by atoms with Crippen molar-refractivity contribution in [3.05, 3.63) is 41.4 Å². The van der Waals surface area contributed by atoms with Crippen LogP contribution in [0.2, 0.25) is 0 Å². The monoisotopic (exact) mass is 487 g/mol. The van der Waals surface area contributed by atoms with Gasteiger partial charge in [0.15, 0.2) is 5.82 Å². The largest absolute Gasteiger partial charge is 0.416 e. The molecule has 0 saturated carbocycles. The van der Waals surface area contributed by atoms with Gasteiger partial charge in [0.25, 0.3) is 5.91 Å². The van der Waals surface area contributed by atoms with Crippen LogP contribution in [-0.2, 0) is 17.1 Å². The van der Waals surface area contributed by atoms with Gasteiger partial charge in [-0.3, -0.25) is 14.6 Å². The lowest BCUT2D eigenvalue weighted by Crippen LogP contribution is -2.36. The van der Waals surface area contributed by atoms with Crippen LogP contribution in [0.3, 0.4) is 0 Å². The van der Waals surface area contributed by atoms with Crippen molar-refractivity contribution in [1.82, 2.24) is 24.6 Å². The van der Waals surface area contributed by atoms with E-state index < -0.39 is 65.2 Å². The van der Waals surface area contributed by atoms with Crippen LogP contribution >= 0.6 is 0 Å². The number of carbonyl (C=O) groups is 2. The standard InChI is InChI=1S/C17H10F9N5O2/c1-29-13(32)11(31(14(29)33)6-15(18,19)20)5-30-7-27-12(28-30)8-2-9(16(21,22)23)4-10(3-8)17(24,25)26/h2-5,7H,6H2,1H3/b11-5-. The van der Waals surface area contributed by atoms with Crippen molar-refractivity contribution < 1.29 is 49.1 Å². The first-order valence-corrected chi connectivity index (χ1v) is 8.56. The molecular formula is C17H10F9N5O2. The van der Waals surface area contributed by atoms with E-state index in [1.165, 1.54) is 0 Å². The number of aromatic nitrogens is 3. The van der Waals surface area contributed by atoms with E-state index >= 15 is 0 Å². The summed E-state index contributed by atoms with van der Waals surface area (Å²) in [5.41, 5.74) is -4.73. The second kappa shape index (κ2) is 7.77. The lowest BCUT2D eigenvalue weighted by atomic mass is 10.0. The highest BCUT2D eigenvalue weighted by molar-refractivity contribution is 6.13. The molecule has 16 heteroatoms. The minimum atomic E-state index is -5.13. The number of carbonyl (C=O) groups excluding carboxylic acids is 2. The fraction of sp³-hybridized carbons (Fsp3) is 0.294. The number of hydrogen-bond donors (Lipinski definition) is 0. The van der Waals surface area contributed by atoms with Gasteiger partial charge < -0.3 is 0 Å². The maximum Gasteiger partial charge on any atom is 0.416 e. The minimum absolute atomic E-state index is 0.0930. The van der Waals surface area contributed by atoms with Crippen LogP contribution in [0.15, 0.2) is 30.2 Å². The van der Waals surface area contributed by atoms with Crippen molar-refractivity contribution in [3.63, 3.8) is 0 Å². The Morgan fingerprint density at radius 2 is 1.45 bits per heavy atom. The van der Waals surface area contributed by atoms with Gasteiger partial charge in [0.05, 0.1) is 17.3 Å². The molecule has 178 valence electrons. The number of rotatable bonds is 3. The average Bonchev–Trinajstić information content (AvgIpc) is 3.21. The summed E-state index contributed by atoms with van der Waals surface area (Å²) in [7, 11) is 0.920. The van der Waals surface area contributed by atoms with E-state index in [4.69, 9.17) is 0 Å². The van der Waals surface area contributed by atoms with Gasteiger partial charge in [0.2, 0.25) is 0 Å². The molecule has 0 radical (unpaired) electrons. The normalized spacial score (nSPS) is 17.0. The zero-order valence-electron chi connectivity index (χ0n) is 16.0. The van der Waals surface area contributed by atoms with Crippen molar-refractivity contribution in [1.29, 1.82) is 0 Å². The molecule has 1 saturated heterocycles. The van der Waals surface area contributed by atoms with E-state index in [9.17, 15) is 49.1 Å². The molecule has 7 nitrogen and oxygen atoms in total. The molecule has 2 aromatic rings. The fourth-order valence-electron chi connectivity index (χ4n) is 2.79. The van der Waals surface area contributed by atoms with Gasteiger partial charge >= 0.3 is 24.6 Å². The van der Waals surface area contributed by atoms with Gasteiger partial charge in [-0.25, -0.2) is 14.5 Å². The number of benzene rings is 1. The second-order valence-corrected chi connectivity index (χ2v) is 6.71. The highest BCUT2D eigenvalue weighted by Crippen LogP contribution is 2.38. The van der Waals surface area contributed by atoms with Gasteiger partial charge in [-0.15, -0.1) is 5.10 Å². The van der Waals surface area contributed by atoms with Crippen LogP contribution in [0.4, 0.5) is 44.3 Å². The highest BCUT2D eigenvalue weighted by atomic mass is 19.4. The van der Waals surface area contributed by atoms with E-state index in [1.807, 2.05) is 0 Å². The Kier molecular flexibility index (Phi) is 5.67. The lowest BCUT2D eigenvalue weighted by molar-refractivity contribution is -0.143. The summed E-state index contributed by atoms with van der Waals surface area (Å²) in [6.07, 6.45) is -13.7. The van der Waals surface area contributed by atoms with E-state index in [-0.39, 0.29) is 11.0 Å². The number of alkyl halides is 9. The second-order valence-electron chi connectivity index (χ2n) is 6.71. The van der Waals surface area contributed by atoms with Gasteiger partial charge in [-0.2, -0.15) is 39.5 Å². The first-order chi connectivity index (χ1) is 15.0. The number of urea groups is 1. The molecule has 0 N–H and O–H groups in total. The van der Waals surface area contributed by atoms with Gasteiger partial charge in [-0.1, -0.05) is 0 Å². The first-order valence-electron chi connectivity index (χ1n) is 8.56. The predicted molar refractivity (Wildman–Crippen MR) is 90.7 cm³/mol. The summed E-state index contributed by atoms with van der Waals surface area (Å²) in [4.78, 5) is 28.1. The van der Waals surface area contributed by atoms with Crippen molar-refractivity contribution in [2.75, 3.05) is 13.6 Å². The minimum Gasteiger partial charge on any atom is -0.278 e. The molecule has 2 heterocycles. The van der Waals surface area contributed by atoms with Crippen molar-refractivity contribution in [2.24, 2.45) is 0 Å². The van der Waals surface area contributed by atoms with Crippen LogP contribution in [-0.4, -0.2) is 56.3 Å². The number of amides is 3. The Hall–Kier alpha value is -3.59. The molecule has 1 aliphatic rings. The van der Waals surface area contributed by atoms with Crippen LogP contribution in [0, 0.1) is 0 Å². The molecular weight excluding hydrogens is 477 g/mol. The average molecular weight is 487 g/mol. The van der Waals surface area contributed by atoms with Crippen LogP contribution < -0.4 is 0 Å². The number of likely N-dealkylation sites (N-methyl/N-ethyl adjacent to an activating group) is 1. The molecule has 0 atom stereocenters. The van der Waals surface area contributed by atoms with Crippen LogP contribution in [0.5, 0.6) is 0 Å². The van der Waals surface area contributed by atoms with Gasteiger partial charge in [0, 0.05) is 12.6 Å². The fourth-order valence-corrected chi connectivity index (χ4v) is 2.79. The maximum atomic E-state index is 13.0.